The molecule has 0 fully saturated rings. The van der Waals surface area contributed by atoms with Crippen LogP contribution in [0, 0.1) is 5.82 Å². The van der Waals surface area contributed by atoms with E-state index in [1.165, 1.54) is 6.07 Å². The summed E-state index contributed by atoms with van der Waals surface area (Å²) in [6, 6.07) is 4.81. The second-order valence-corrected chi connectivity index (χ2v) is 4.42. The molecular formula is C12H19FN2O. The zero-order valence-electron chi connectivity index (χ0n) is 10.0. The van der Waals surface area contributed by atoms with Crippen molar-refractivity contribution < 1.29 is 9.13 Å². The molecule has 0 bridgehead atoms. The summed E-state index contributed by atoms with van der Waals surface area (Å²) < 4.78 is 18.6. The molecule has 1 aromatic rings. The van der Waals surface area contributed by atoms with Crippen molar-refractivity contribution >= 4 is 5.69 Å². The Balaban J connectivity index is 2.66. The molecular weight excluding hydrogens is 207 g/mol. The van der Waals surface area contributed by atoms with Gasteiger partial charge in [-0.15, -0.1) is 0 Å². The molecule has 0 saturated heterocycles. The fourth-order valence-corrected chi connectivity index (χ4v) is 1.21. The molecule has 0 amide bonds. The molecule has 1 rings (SSSR count). The van der Waals surface area contributed by atoms with E-state index < -0.39 is 0 Å². The van der Waals surface area contributed by atoms with Crippen molar-refractivity contribution in [2.75, 3.05) is 18.5 Å². The molecule has 0 unspecified atom stereocenters. The van der Waals surface area contributed by atoms with Gasteiger partial charge >= 0.3 is 0 Å². The Morgan fingerprint density at radius 1 is 1.44 bits per heavy atom. The van der Waals surface area contributed by atoms with Gasteiger partial charge in [-0.2, -0.15) is 0 Å². The molecule has 3 nitrogen and oxygen atoms in total. The second-order valence-electron chi connectivity index (χ2n) is 4.42. The smallest absolute Gasteiger partial charge is 0.167 e. The van der Waals surface area contributed by atoms with Gasteiger partial charge in [0.15, 0.2) is 11.6 Å². The van der Waals surface area contributed by atoms with E-state index in [-0.39, 0.29) is 17.1 Å². The van der Waals surface area contributed by atoms with Crippen molar-refractivity contribution in [2.24, 2.45) is 5.73 Å². The van der Waals surface area contributed by atoms with Crippen molar-refractivity contribution in [2.45, 2.75) is 26.3 Å². The van der Waals surface area contributed by atoms with Crippen LogP contribution in [0.2, 0.25) is 0 Å². The summed E-state index contributed by atoms with van der Waals surface area (Å²) in [5.74, 6) is -0.0817. The van der Waals surface area contributed by atoms with Gasteiger partial charge in [-0.05, 0) is 32.9 Å². The highest BCUT2D eigenvalue weighted by molar-refractivity contribution is 5.47. The van der Waals surface area contributed by atoms with E-state index in [1.54, 1.807) is 12.1 Å². The molecule has 0 saturated carbocycles. The normalized spacial score (nSPS) is 11.3. The van der Waals surface area contributed by atoms with Crippen molar-refractivity contribution in [1.29, 1.82) is 0 Å². The highest BCUT2D eigenvalue weighted by Gasteiger charge is 2.10. The largest absolute Gasteiger partial charge is 0.491 e. The van der Waals surface area contributed by atoms with E-state index in [0.29, 0.717) is 18.8 Å². The quantitative estimate of drug-likeness (QED) is 0.810. The standard InChI is InChI=1S/C12H19FN2O/c1-4-16-11-6-5-9(7-10(11)13)15-8-12(2,3)14/h5-7,15H,4,8,14H2,1-3H3. The van der Waals surface area contributed by atoms with E-state index >= 15 is 0 Å². The summed E-state index contributed by atoms with van der Waals surface area (Å²) in [5, 5.41) is 3.07. The Kier molecular flexibility index (Phi) is 4.12. The van der Waals surface area contributed by atoms with Crippen LogP contribution < -0.4 is 15.8 Å². The van der Waals surface area contributed by atoms with Crippen LogP contribution in [0.3, 0.4) is 0 Å². The Hall–Kier alpha value is -1.29. The van der Waals surface area contributed by atoms with E-state index in [1.807, 2.05) is 20.8 Å². The van der Waals surface area contributed by atoms with E-state index in [2.05, 4.69) is 5.32 Å². The summed E-state index contributed by atoms with van der Waals surface area (Å²) in [7, 11) is 0. The molecule has 0 aliphatic rings. The Bertz CT molecular complexity index is 347. The fourth-order valence-electron chi connectivity index (χ4n) is 1.21. The molecule has 3 N–H and O–H groups in total. The molecule has 0 atom stereocenters. The first-order chi connectivity index (χ1) is 7.42. The molecule has 0 aliphatic heterocycles. The van der Waals surface area contributed by atoms with E-state index in [4.69, 9.17) is 10.5 Å². The van der Waals surface area contributed by atoms with Gasteiger partial charge in [-0.25, -0.2) is 4.39 Å². The zero-order chi connectivity index (χ0) is 12.2. The maximum Gasteiger partial charge on any atom is 0.167 e. The topological polar surface area (TPSA) is 47.3 Å². The van der Waals surface area contributed by atoms with Gasteiger partial charge in [-0.1, -0.05) is 0 Å². The van der Waals surface area contributed by atoms with Crippen molar-refractivity contribution in [3.8, 4) is 5.75 Å². The zero-order valence-corrected chi connectivity index (χ0v) is 10.0. The molecule has 0 spiro atoms. The van der Waals surface area contributed by atoms with Gasteiger partial charge in [0, 0.05) is 23.8 Å². The van der Waals surface area contributed by atoms with Crippen molar-refractivity contribution in [3.05, 3.63) is 24.0 Å². The first-order valence-electron chi connectivity index (χ1n) is 5.37. The third kappa shape index (κ3) is 4.06. The number of halogens is 1. The fraction of sp³-hybridized carbons (Fsp3) is 0.500. The average Bonchev–Trinajstić information content (AvgIpc) is 2.18. The molecule has 0 aliphatic carbocycles. The molecule has 90 valence electrons. The molecule has 0 aromatic heterocycles. The molecule has 16 heavy (non-hydrogen) atoms. The van der Waals surface area contributed by atoms with Crippen LogP contribution in [-0.4, -0.2) is 18.7 Å². The van der Waals surface area contributed by atoms with E-state index in [0.717, 1.165) is 0 Å². The minimum Gasteiger partial charge on any atom is -0.491 e. The number of hydrogen-bond donors (Lipinski definition) is 2. The first-order valence-corrected chi connectivity index (χ1v) is 5.37. The van der Waals surface area contributed by atoms with Crippen molar-refractivity contribution in [3.63, 3.8) is 0 Å². The maximum atomic E-state index is 13.5. The predicted molar refractivity (Wildman–Crippen MR) is 64.3 cm³/mol. The summed E-state index contributed by atoms with van der Waals surface area (Å²) in [6.45, 7) is 6.68. The summed E-state index contributed by atoms with van der Waals surface area (Å²) in [5.41, 5.74) is 6.20. The summed E-state index contributed by atoms with van der Waals surface area (Å²) in [4.78, 5) is 0. The maximum absolute atomic E-state index is 13.5. The van der Waals surface area contributed by atoms with Gasteiger partial charge in [0.05, 0.1) is 6.61 Å². The van der Waals surface area contributed by atoms with Crippen LogP contribution >= 0.6 is 0 Å². The van der Waals surface area contributed by atoms with Gasteiger partial charge < -0.3 is 15.8 Å². The lowest BCUT2D eigenvalue weighted by atomic mass is 10.1. The van der Waals surface area contributed by atoms with Crippen molar-refractivity contribution in [1.82, 2.24) is 0 Å². The van der Waals surface area contributed by atoms with Gasteiger partial charge in [0.1, 0.15) is 0 Å². The number of hydrogen-bond acceptors (Lipinski definition) is 3. The number of nitrogens with two attached hydrogens (primary N) is 1. The number of nitrogens with one attached hydrogen (secondary N) is 1. The van der Waals surface area contributed by atoms with E-state index in [9.17, 15) is 4.39 Å². The van der Waals surface area contributed by atoms with Gasteiger partial charge in [0.25, 0.3) is 0 Å². The monoisotopic (exact) mass is 226 g/mol. The number of anilines is 1. The van der Waals surface area contributed by atoms with Crippen LogP contribution in [0.25, 0.3) is 0 Å². The lowest BCUT2D eigenvalue weighted by Crippen LogP contribution is -2.39. The van der Waals surface area contributed by atoms with Gasteiger partial charge in [-0.3, -0.25) is 0 Å². The second kappa shape index (κ2) is 5.16. The van der Waals surface area contributed by atoms with Crippen LogP contribution in [-0.2, 0) is 0 Å². The van der Waals surface area contributed by atoms with Gasteiger partial charge in [0.2, 0.25) is 0 Å². The molecule has 0 radical (unpaired) electrons. The molecule has 0 heterocycles. The average molecular weight is 226 g/mol. The number of rotatable bonds is 5. The summed E-state index contributed by atoms with van der Waals surface area (Å²) in [6.07, 6.45) is 0. The summed E-state index contributed by atoms with van der Waals surface area (Å²) >= 11 is 0. The third-order valence-electron chi connectivity index (χ3n) is 1.98. The highest BCUT2D eigenvalue weighted by Crippen LogP contribution is 2.21. The third-order valence-corrected chi connectivity index (χ3v) is 1.98. The Morgan fingerprint density at radius 2 is 2.12 bits per heavy atom. The van der Waals surface area contributed by atoms with Crippen LogP contribution in [0.1, 0.15) is 20.8 Å². The lowest BCUT2D eigenvalue weighted by molar-refractivity contribution is 0.321. The highest BCUT2D eigenvalue weighted by atomic mass is 19.1. The Labute approximate surface area is 95.8 Å². The first kappa shape index (κ1) is 12.8. The van der Waals surface area contributed by atoms with Crippen LogP contribution in [0.15, 0.2) is 18.2 Å². The molecule has 4 heteroatoms. The van der Waals surface area contributed by atoms with Crippen LogP contribution in [0.4, 0.5) is 10.1 Å². The SMILES string of the molecule is CCOc1ccc(NCC(C)(C)N)cc1F. The lowest BCUT2D eigenvalue weighted by Gasteiger charge is -2.20. The predicted octanol–water partition coefficient (Wildman–Crippen LogP) is 2.37. The number of benzene rings is 1. The minimum absolute atomic E-state index is 0.278. The van der Waals surface area contributed by atoms with Crippen LogP contribution in [0.5, 0.6) is 5.75 Å². The Morgan fingerprint density at radius 3 is 2.62 bits per heavy atom. The minimum atomic E-state index is -0.360. The molecule has 1 aromatic carbocycles. The number of ether oxygens (including phenoxy) is 1.